The summed E-state index contributed by atoms with van der Waals surface area (Å²) in [5, 5.41) is 26.2. The average molecular weight is 587 g/mol. The number of aromatic carboxylic acids is 1. The average Bonchev–Trinajstić information content (AvgIpc) is 3.68. The van der Waals surface area contributed by atoms with Crippen molar-refractivity contribution in [3.8, 4) is 11.1 Å². The number of halogens is 2. The molecule has 0 bridgehead atoms. The molecule has 1 unspecified atom stereocenters. The lowest BCUT2D eigenvalue weighted by Crippen LogP contribution is -2.40. The second-order valence-corrected chi connectivity index (χ2v) is 11.6. The van der Waals surface area contributed by atoms with Gasteiger partial charge in [0.2, 0.25) is 17.8 Å². The van der Waals surface area contributed by atoms with Crippen molar-refractivity contribution in [1.29, 1.82) is 0 Å². The second-order valence-electron chi connectivity index (χ2n) is 10.7. The molecule has 40 heavy (non-hydrogen) atoms. The van der Waals surface area contributed by atoms with Crippen LogP contribution in [0.25, 0.3) is 11.1 Å². The number of carbonyl (C=O) groups excluding carboxylic acids is 2. The van der Waals surface area contributed by atoms with Gasteiger partial charge in [-0.25, -0.2) is 9.59 Å². The van der Waals surface area contributed by atoms with Gasteiger partial charge in [-0.1, -0.05) is 36.0 Å². The topological polar surface area (TPSA) is 129 Å². The van der Waals surface area contributed by atoms with Crippen LogP contribution in [0.4, 0.5) is 16.2 Å². The van der Waals surface area contributed by atoms with E-state index >= 15 is 0 Å². The Balaban J connectivity index is 1.62. The van der Waals surface area contributed by atoms with Crippen LogP contribution in [-0.2, 0) is 9.53 Å². The van der Waals surface area contributed by atoms with Gasteiger partial charge in [0.1, 0.15) is 11.5 Å². The lowest BCUT2D eigenvalue weighted by molar-refractivity contribution is -0.909. The van der Waals surface area contributed by atoms with Crippen LogP contribution < -0.4 is 15.4 Å². The summed E-state index contributed by atoms with van der Waals surface area (Å²) in [6.07, 6.45) is 3.30. The van der Waals surface area contributed by atoms with Crippen molar-refractivity contribution < 1.29 is 34.2 Å². The zero-order valence-corrected chi connectivity index (χ0v) is 23.7. The third-order valence-corrected chi connectivity index (χ3v) is 6.85. The van der Waals surface area contributed by atoms with Crippen LogP contribution in [0.1, 0.15) is 62.0 Å². The van der Waals surface area contributed by atoms with E-state index < -0.39 is 23.6 Å². The molecule has 1 atom stereocenters. The highest BCUT2D eigenvalue weighted by Crippen LogP contribution is 2.39. The first-order chi connectivity index (χ1) is 18.8. The number of aromatic nitrogens is 1. The number of anilines is 2. The van der Waals surface area contributed by atoms with Crippen LogP contribution in [0.2, 0.25) is 10.0 Å². The molecule has 1 aromatic heterocycles. The Kier molecular flexibility index (Phi) is 8.56. The zero-order valence-electron chi connectivity index (χ0n) is 22.2. The van der Waals surface area contributed by atoms with Gasteiger partial charge in [0, 0.05) is 21.4 Å². The van der Waals surface area contributed by atoms with Crippen molar-refractivity contribution in [3.63, 3.8) is 0 Å². The van der Waals surface area contributed by atoms with Gasteiger partial charge in [-0.2, -0.15) is 0 Å². The molecule has 0 aliphatic heterocycles. The molecule has 3 aromatic rings. The van der Waals surface area contributed by atoms with Gasteiger partial charge in [-0.15, -0.1) is 0 Å². The van der Waals surface area contributed by atoms with Crippen LogP contribution in [0.15, 0.2) is 54.7 Å². The number of nitrogens with one attached hydrogen (secondary N) is 2. The van der Waals surface area contributed by atoms with Gasteiger partial charge in [0.15, 0.2) is 0 Å². The Labute approximate surface area is 241 Å². The molecular formula is C29H30Cl2N3O6+. The van der Waals surface area contributed by atoms with Gasteiger partial charge in [-0.3, -0.25) is 15.3 Å². The Hall–Kier alpha value is -3.82. The van der Waals surface area contributed by atoms with Gasteiger partial charge in [-0.05, 0) is 75.6 Å². The minimum absolute atomic E-state index is 0.00265. The van der Waals surface area contributed by atoms with E-state index in [1.807, 2.05) is 0 Å². The molecule has 4 rings (SSSR count). The monoisotopic (exact) mass is 586 g/mol. The number of carboxylic acid groups (broad SMARTS) is 1. The minimum Gasteiger partial charge on any atom is -0.478 e. The van der Waals surface area contributed by atoms with E-state index in [4.69, 9.17) is 33.0 Å². The number of benzene rings is 2. The zero-order chi connectivity index (χ0) is 29.2. The van der Waals surface area contributed by atoms with Gasteiger partial charge in [0.25, 0.3) is 0 Å². The fraction of sp³-hybridized carbons (Fsp3) is 0.310. The van der Waals surface area contributed by atoms with E-state index in [1.54, 1.807) is 51.1 Å². The maximum atomic E-state index is 13.4. The summed E-state index contributed by atoms with van der Waals surface area (Å²) in [7, 11) is 0. The number of nitrogens with zero attached hydrogens (tertiary/aromatic N) is 1. The molecule has 0 spiro atoms. The quantitative estimate of drug-likeness (QED) is 0.170. The molecule has 4 N–H and O–H groups in total. The maximum Gasteiger partial charge on any atom is 0.412 e. The van der Waals surface area contributed by atoms with Crippen molar-refractivity contribution in [2.45, 2.75) is 51.6 Å². The molecule has 2 amide bonds. The first kappa shape index (κ1) is 29.2. The largest absolute Gasteiger partial charge is 0.478 e. The van der Waals surface area contributed by atoms with Crippen LogP contribution >= 0.6 is 23.2 Å². The Morgan fingerprint density at radius 1 is 1.02 bits per heavy atom. The third-order valence-electron chi connectivity index (χ3n) is 6.30. The minimum atomic E-state index is -1.13. The van der Waals surface area contributed by atoms with Crippen LogP contribution in [0.3, 0.4) is 0 Å². The summed E-state index contributed by atoms with van der Waals surface area (Å²) in [4.78, 5) is 37.0. The smallest absolute Gasteiger partial charge is 0.412 e. The summed E-state index contributed by atoms with van der Waals surface area (Å²) in [6.45, 7) is 5.28. The predicted octanol–water partition coefficient (Wildman–Crippen LogP) is 6.75. The fourth-order valence-corrected chi connectivity index (χ4v) is 4.63. The second kappa shape index (κ2) is 11.7. The normalized spacial score (nSPS) is 13.8. The van der Waals surface area contributed by atoms with Gasteiger partial charge in [0.05, 0.1) is 27.5 Å². The molecule has 11 heteroatoms. The van der Waals surface area contributed by atoms with Crippen molar-refractivity contribution in [3.05, 3.63) is 76.0 Å². The van der Waals surface area contributed by atoms with Crippen molar-refractivity contribution in [1.82, 2.24) is 0 Å². The van der Waals surface area contributed by atoms with Crippen LogP contribution in [-0.4, -0.2) is 33.9 Å². The molecule has 0 saturated heterocycles. The number of carboxylic acids is 1. The summed E-state index contributed by atoms with van der Waals surface area (Å²) >= 11 is 12.5. The van der Waals surface area contributed by atoms with E-state index in [0.717, 1.165) is 17.6 Å². The maximum absolute atomic E-state index is 13.4. The molecule has 0 radical (unpaired) electrons. The molecule has 210 valence electrons. The predicted molar refractivity (Wildman–Crippen MR) is 151 cm³/mol. The lowest BCUT2D eigenvalue weighted by Gasteiger charge is -2.20. The van der Waals surface area contributed by atoms with E-state index in [9.17, 15) is 19.6 Å². The lowest BCUT2D eigenvalue weighted by atomic mass is 9.95. The molecular weight excluding hydrogens is 557 g/mol. The van der Waals surface area contributed by atoms with E-state index in [-0.39, 0.29) is 22.2 Å². The van der Waals surface area contributed by atoms with Gasteiger partial charge >= 0.3 is 12.1 Å². The van der Waals surface area contributed by atoms with Crippen LogP contribution in [0.5, 0.6) is 0 Å². The number of rotatable bonds is 8. The molecule has 2 aromatic carbocycles. The molecule has 1 saturated carbocycles. The van der Waals surface area contributed by atoms with Gasteiger partial charge < -0.3 is 15.2 Å². The van der Waals surface area contributed by atoms with Crippen LogP contribution in [0, 0.1) is 5.92 Å². The first-order valence-corrected chi connectivity index (χ1v) is 13.4. The van der Waals surface area contributed by atoms with E-state index in [0.29, 0.717) is 39.9 Å². The third kappa shape index (κ3) is 7.43. The fourth-order valence-electron chi connectivity index (χ4n) is 4.23. The number of ether oxygens (including phenoxy) is 1. The summed E-state index contributed by atoms with van der Waals surface area (Å²) in [5.74, 6) is -1.88. The van der Waals surface area contributed by atoms with E-state index in [1.165, 1.54) is 24.4 Å². The number of carbonyl (C=O) groups is 3. The first-order valence-electron chi connectivity index (χ1n) is 12.7. The SMILES string of the molecule is CC(C)(C)OC(=O)Nc1ccc(Cl)cc1-c1ccc(C(CC2CC2)C(=O)Nc2ccc(C(=O)O)cc2Cl)[n+](O)c1. The summed E-state index contributed by atoms with van der Waals surface area (Å²) in [5.41, 5.74) is 1.46. The van der Waals surface area contributed by atoms with Crippen molar-refractivity contribution >= 4 is 52.5 Å². The molecule has 9 nitrogen and oxygen atoms in total. The number of amides is 2. The van der Waals surface area contributed by atoms with Crippen molar-refractivity contribution in [2.75, 3.05) is 10.6 Å². The molecule has 1 aliphatic rings. The Morgan fingerprint density at radius 2 is 1.73 bits per heavy atom. The highest BCUT2D eigenvalue weighted by molar-refractivity contribution is 6.34. The Bertz CT molecular complexity index is 1470. The molecule has 1 fully saturated rings. The summed E-state index contributed by atoms with van der Waals surface area (Å²) < 4.78 is 6.26. The standard InChI is InChI=1S/C29H29Cl2N3O6/c1-29(2,3)40-28(38)33-23-10-8-19(30)14-20(23)18-7-11-25(34(39)15-18)21(12-16-4-5-16)26(35)32-24-9-6-17(27(36)37)13-22(24)31/h6-11,13-16,21H,4-5,12H2,1-3H3,(H3-,32,33,35,36,37,38,39)/p+1. The number of hydrogen-bond donors (Lipinski definition) is 4. The van der Waals surface area contributed by atoms with E-state index in [2.05, 4.69) is 10.6 Å². The number of hydrogen-bond acceptors (Lipinski definition) is 5. The molecule has 1 aliphatic carbocycles. The highest BCUT2D eigenvalue weighted by atomic mass is 35.5. The molecule has 1 heterocycles. The Morgan fingerprint density at radius 3 is 2.33 bits per heavy atom. The summed E-state index contributed by atoms with van der Waals surface area (Å²) in [6, 6.07) is 12.4. The highest BCUT2D eigenvalue weighted by Gasteiger charge is 2.36. The van der Waals surface area contributed by atoms with Crippen molar-refractivity contribution in [2.24, 2.45) is 5.92 Å². The number of pyridine rings is 1.